The summed E-state index contributed by atoms with van der Waals surface area (Å²) in [6.45, 7) is 0.479. The van der Waals surface area contributed by atoms with E-state index in [4.69, 9.17) is 4.74 Å². The zero-order chi connectivity index (χ0) is 11.4. The second-order valence-electron chi connectivity index (χ2n) is 3.77. The van der Waals surface area contributed by atoms with Gasteiger partial charge in [-0.2, -0.15) is 0 Å². The molecule has 0 fully saturated rings. The fraction of sp³-hybridized carbons (Fsp3) is 0.333. The third kappa shape index (κ3) is 2.39. The Morgan fingerprint density at radius 1 is 1.38 bits per heavy atom. The normalized spacial score (nSPS) is 21.1. The highest BCUT2D eigenvalue weighted by Crippen LogP contribution is 2.30. The number of ether oxygens (including phenoxy) is 1. The summed E-state index contributed by atoms with van der Waals surface area (Å²) in [7, 11) is 0. The summed E-state index contributed by atoms with van der Waals surface area (Å²) in [5.41, 5.74) is 0.934. The SMILES string of the molecule is O=[N+]([O-])CC1C/C=C\COc2ccccc21. The second kappa shape index (κ2) is 4.79. The van der Waals surface area contributed by atoms with Crippen LogP contribution in [-0.2, 0) is 0 Å². The molecule has 0 saturated heterocycles. The first-order valence-electron chi connectivity index (χ1n) is 5.26. The van der Waals surface area contributed by atoms with E-state index in [1.54, 1.807) is 0 Å². The average Bonchev–Trinajstić information content (AvgIpc) is 2.24. The molecule has 1 aromatic carbocycles. The number of rotatable bonds is 2. The molecule has 16 heavy (non-hydrogen) atoms. The van der Waals surface area contributed by atoms with E-state index in [0.29, 0.717) is 13.0 Å². The van der Waals surface area contributed by atoms with Crippen LogP contribution in [0.2, 0.25) is 0 Å². The van der Waals surface area contributed by atoms with Crippen LogP contribution in [0.15, 0.2) is 36.4 Å². The highest BCUT2D eigenvalue weighted by molar-refractivity contribution is 5.37. The van der Waals surface area contributed by atoms with Crippen LogP contribution >= 0.6 is 0 Å². The first-order valence-corrected chi connectivity index (χ1v) is 5.26. The maximum absolute atomic E-state index is 10.6. The smallest absolute Gasteiger partial charge is 0.211 e. The minimum absolute atomic E-state index is 0.0509. The summed E-state index contributed by atoms with van der Waals surface area (Å²) in [5, 5.41) is 10.6. The Balaban J connectivity index is 2.31. The van der Waals surface area contributed by atoms with Crippen molar-refractivity contribution in [3.05, 3.63) is 52.1 Å². The van der Waals surface area contributed by atoms with Gasteiger partial charge in [0, 0.05) is 10.5 Å². The van der Waals surface area contributed by atoms with Crippen LogP contribution in [0.1, 0.15) is 17.9 Å². The van der Waals surface area contributed by atoms with Crippen molar-refractivity contribution in [2.75, 3.05) is 13.2 Å². The zero-order valence-corrected chi connectivity index (χ0v) is 8.83. The van der Waals surface area contributed by atoms with Gasteiger partial charge in [-0.15, -0.1) is 0 Å². The van der Waals surface area contributed by atoms with E-state index in [-0.39, 0.29) is 17.4 Å². The number of benzene rings is 1. The Labute approximate surface area is 93.7 Å². The maximum Gasteiger partial charge on any atom is 0.211 e. The molecule has 0 amide bonds. The van der Waals surface area contributed by atoms with E-state index in [2.05, 4.69) is 0 Å². The monoisotopic (exact) mass is 219 g/mol. The third-order valence-electron chi connectivity index (χ3n) is 2.65. The molecular weight excluding hydrogens is 206 g/mol. The number of nitro groups is 1. The van der Waals surface area contributed by atoms with Crippen molar-refractivity contribution in [1.82, 2.24) is 0 Å². The molecule has 1 aromatic rings. The fourth-order valence-electron chi connectivity index (χ4n) is 1.90. The lowest BCUT2D eigenvalue weighted by molar-refractivity contribution is -0.483. The summed E-state index contributed by atoms with van der Waals surface area (Å²) >= 11 is 0. The average molecular weight is 219 g/mol. The molecule has 84 valence electrons. The summed E-state index contributed by atoms with van der Waals surface area (Å²) in [4.78, 5) is 10.3. The molecule has 1 atom stereocenters. The van der Waals surface area contributed by atoms with Gasteiger partial charge in [-0.25, -0.2) is 0 Å². The molecule has 4 heteroatoms. The molecule has 1 unspecified atom stereocenters. The van der Waals surface area contributed by atoms with Crippen molar-refractivity contribution in [3.8, 4) is 5.75 Å². The number of nitrogens with zero attached hydrogens (tertiary/aromatic N) is 1. The zero-order valence-electron chi connectivity index (χ0n) is 8.83. The molecule has 0 radical (unpaired) electrons. The highest BCUT2D eigenvalue weighted by atomic mass is 16.6. The van der Waals surface area contributed by atoms with Gasteiger partial charge in [0.25, 0.3) is 0 Å². The third-order valence-corrected chi connectivity index (χ3v) is 2.65. The summed E-state index contributed by atoms with van der Waals surface area (Å²) < 4.78 is 5.53. The standard InChI is InChI=1S/C12H13NO3/c14-13(15)9-10-5-3-4-8-16-12-7-2-1-6-11(10)12/h1-4,6-7,10H,5,8-9H2/b4-3-. The van der Waals surface area contributed by atoms with Crippen LogP contribution in [0.5, 0.6) is 5.75 Å². The lowest BCUT2D eigenvalue weighted by atomic mass is 9.94. The number of allylic oxidation sites excluding steroid dienone is 1. The predicted molar refractivity (Wildman–Crippen MR) is 60.3 cm³/mol. The van der Waals surface area contributed by atoms with Crippen LogP contribution in [-0.4, -0.2) is 18.1 Å². The van der Waals surface area contributed by atoms with Gasteiger partial charge in [-0.05, 0) is 12.5 Å². The number of fused-ring (bicyclic) bond motifs is 1. The largest absolute Gasteiger partial charge is 0.489 e. The lowest BCUT2D eigenvalue weighted by Gasteiger charge is -2.17. The van der Waals surface area contributed by atoms with E-state index < -0.39 is 0 Å². The summed E-state index contributed by atoms with van der Waals surface area (Å²) in [6, 6.07) is 7.54. The Kier molecular flexibility index (Phi) is 3.19. The topological polar surface area (TPSA) is 52.4 Å². The number of para-hydroxylation sites is 1. The molecule has 0 aliphatic carbocycles. The Bertz CT molecular complexity index is 414. The predicted octanol–water partition coefficient (Wildman–Crippen LogP) is 2.39. The van der Waals surface area contributed by atoms with E-state index in [1.165, 1.54) is 0 Å². The summed E-state index contributed by atoms with van der Waals surface area (Å²) in [6.07, 6.45) is 4.55. The molecule has 1 aliphatic heterocycles. The Morgan fingerprint density at radius 2 is 2.19 bits per heavy atom. The minimum atomic E-state index is -0.267. The van der Waals surface area contributed by atoms with Gasteiger partial charge in [0.1, 0.15) is 12.4 Å². The van der Waals surface area contributed by atoms with Crippen LogP contribution in [0.4, 0.5) is 0 Å². The number of hydrogen-bond donors (Lipinski definition) is 0. The van der Waals surface area contributed by atoms with Gasteiger partial charge in [0.2, 0.25) is 6.54 Å². The minimum Gasteiger partial charge on any atom is -0.489 e. The quantitative estimate of drug-likeness (QED) is 0.436. The molecule has 4 nitrogen and oxygen atoms in total. The van der Waals surface area contributed by atoms with Crippen molar-refractivity contribution >= 4 is 0 Å². The molecule has 0 spiro atoms. The van der Waals surface area contributed by atoms with Crippen molar-refractivity contribution in [2.24, 2.45) is 0 Å². The molecule has 0 N–H and O–H groups in total. The summed E-state index contributed by atoms with van der Waals surface area (Å²) in [5.74, 6) is 0.668. The van der Waals surface area contributed by atoms with Gasteiger partial charge < -0.3 is 4.74 Å². The molecule has 1 aliphatic rings. The maximum atomic E-state index is 10.6. The fourth-order valence-corrected chi connectivity index (χ4v) is 1.90. The van der Waals surface area contributed by atoms with Gasteiger partial charge in [-0.3, -0.25) is 10.1 Å². The van der Waals surface area contributed by atoms with Crippen molar-refractivity contribution < 1.29 is 9.66 Å². The molecule has 1 heterocycles. The van der Waals surface area contributed by atoms with E-state index in [0.717, 1.165) is 11.3 Å². The van der Waals surface area contributed by atoms with Crippen molar-refractivity contribution in [3.63, 3.8) is 0 Å². The van der Waals surface area contributed by atoms with Crippen LogP contribution in [0.25, 0.3) is 0 Å². The highest BCUT2D eigenvalue weighted by Gasteiger charge is 2.21. The van der Waals surface area contributed by atoms with Crippen LogP contribution in [0, 0.1) is 10.1 Å². The first-order chi connectivity index (χ1) is 7.77. The molecule has 0 saturated carbocycles. The molecular formula is C12H13NO3. The van der Waals surface area contributed by atoms with Crippen molar-refractivity contribution in [2.45, 2.75) is 12.3 Å². The van der Waals surface area contributed by atoms with Gasteiger partial charge in [-0.1, -0.05) is 30.4 Å². The second-order valence-corrected chi connectivity index (χ2v) is 3.77. The van der Waals surface area contributed by atoms with Gasteiger partial charge in [0.05, 0.1) is 5.92 Å². The lowest BCUT2D eigenvalue weighted by Crippen LogP contribution is -2.14. The number of hydrogen-bond acceptors (Lipinski definition) is 3. The van der Waals surface area contributed by atoms with Crippen molar-refractivity contribution in [1.29, 1.82) is 0 Å². The van der Waals surface area contributed by atoms with Gasteiger partial charge in [0.15, 0.2) is 0 Å². The van der Waals surface area contributed by atoms with E-state index in [9.17, 15) is 10.1 Å². The first kappa shape index (κ1) is 10.7. The van der Waals surface area contributed by atoms with Crippen LogP contribution in [0.3, 0.4) is 0 Å². The molecule has 0 bridgehead atoms. The van der Waals surface area contributed by atoms with E-state index in [1.807, 2.05) is 36.4 Å². The van der Waals surface area contributed by atoms with E-state index >= 15 is 0 Å². The Morgan fingerprint density at radius 3 is 3.00 bits per heavy atom. The van der Waals surface area contributed by atoms with Crippen LogP contribution < -0.4 is 4.74 Å². The molecule has 0 aromatic heterocycles. The Hall–Kier alpha value is -1.84. The molecule has 2 rings (SSSR count). The van der Waals surface area contributed by atoms with Gasteiger partial charge >= 0.3 is 0 Å².